The van der Waals surface area contributed by atoms with Gasteiger partial charge in [-0.15, -0.1) is 0 Å². The first-order valence-corrected chi connectivity index (χ1v) is 5.74. The van der Waals surface area contributed by atoms with Crippen molar-refractivity contribution < 1.29 is 12.4 Å². The van der Waals surface area contributed by atoms with Gasteiger partial charge >= 0.3 is 0 Å². The number of hydrogen-bond acceptors (Lipinski definition) is 1. The van der Waals surface area contributed by atoms with Crippen molar-refractivity contribution in [2.45, 2.75) is 13.0 Å². The molecule has 0 saturated heterocycles. The summed E-state index contributed by atoms with van der Waals surface area (Å²) in [6.07, 6.45) is 1.09. The zero-order chi connectivity index (χ0) is 11.1. The van der Waals surface area contributed by atoms with Crippen molar-refractivity contribution in [2.75, 3.05) is 6.54 Å². The number of benzene rings is 2. The Kier molecular flexibility index (Phi) is 6.38. The van der Waals surface area contributed by atoms with Crippen molar-refractivity contribution in [3.8, 4) is 0 Å². The molecule has 2 aromatic rings. The molecule has 2 rings (SSSR count). The summed E-state index contributed by atoms with van der Waals surface area (Å²) < 4.78 is 0. The minimum Gasteiger partial charge on any atom is -1.00 e. The van der Waals surface area contributed by atoms with Crippen molar-refractivity contribution in [1.29, 1.82) is 0 Å². The molecule has 2 heteroatoms. The molecular weight excluding hydrogens is 230 g/mol. The van der Waals surface area contributed by atoms with E-state index in [0.717, 1.165) is 19.5 Å². The Hall–Kier alpha value is -1.31. The number of hydrogen-bond donors (Lipinski definition) is 1. The number of rotatable bonds is 5. The van der Waals surface area contributed by atoms with E-state index < -0.39 is 0 Å². The highest BCUT2D eigenvalue weighted by atomic mass is 35.5. The van der Waals surface area contributed by atoms with Crippen LogP contribution in [0.15, 0.2) is 60.7 Å². The zero-order valence-electron chi connectivity index (χ0n) is 9.77. The van der Waals surface area contributed by atoms with Crippen molar-refractivity contribution in [3.63, 3.8) is 0 Å². The molecular formula is C15H17ClN-. The van der Waals surface area contributed by atoms with Gasteiger partial charge in [0.15, 0.2) is 0 Å². The van der Waals surface area contributed by atoms with Gasteiger partial charge in [-0.1, -0.05) is 60.7 Å². The smallest absolute Gasteiger partial charge is 0.0205 e. The van der Waals surface area contributed by atoms with Gasteiger partial charge in [-0.2, -0.15) is 0 Å². The highest BCUT2D eigenvalue weighted by Crippen LogP contribution is 2.00. The van der Waals surface area contributed by atoms with Crippen molar-refractivity contribution in [3.05, 3.63) is 71.8 Å². The van der Waals surface area contributed by atoms with Gasteiger partial charge in [-0.25, -0.2) is 0 Å². The molecule has 0 aliphatic rings. The molecule has 2 aromatic carbocycles. The Balaban J connectivity index is 0.00000144. The predicted octanol–water partition coefficient (Wildman–Crippen LogP) is 0.0229. The van der Waals surface area contributed by atoms with Gasteiger partial charge in [-0.3, -0.25) is 0 Å². The summed E-state index contributed by atoms with van der Waals surface area (Å²) >= 11 is 0. The fourth-order valence-corrected chi connectivity index (χ4v) is 1.71. The van der Waals surface area contributed by atoms with E-state index >= 15 is 0 Å². The average molecular weight is 247 g/mol. The maximum absolute atomic E-state index is 3.45. The van der Waals surface area contributed by atoms with Gasteiger partial charge in [0.1, 0.15) is 0 Å². The minimum atomic E-state index is 0. The molecule has 0 amide bonds. The van der Waals surface area contributed by atoms with Gasteiger partial charge in [0.05, 0.1) is 0 Å². The topological polar surface area (TPSA) is 12.0 Å². The first kappa shape index (κ1) is 13.8. The SMILES string of the molecule is [Cl-].c1ccc(CCNCc2ccccc2)cc1. The van der Waals surface area contributed by atoms with E-state index in [-0.39, 0.29) is 12.4 Å². The monoisotopic (exact) mass is 246 g/mol. The summed E-state index contributed by atoms with van der Waals surface area (Å²) in [4.78, 5) is 0. The molecule has 0 radical (unpaired) electrons. The van der Waals surface area contributed by atoms with Gasteiger partial charge in [0.2, 0.25) is 0 Å². The third kappa shape index (κ3) is 5.03. The van der Waals surface area contributed by atoms with Crippen molar-refractivity contribution in [2.24, 2.45) is 0 Å². The third-order valence-electron chi connectivity index (χ3n) is 2.61. The van der Waals surface area contributed by atoms with Crippen LogP contribution >= 0.6 is 0 Å². The third-order valence-corrected chi connectivity index (χ3v) is 2.61. The highest BCUT2D eigenvalue weighted by molar-refractivity contribution is 5.16. The van der Waals surface area contributed by atoms with E-state index in [2.05, 4.69) is 59.9 Å². The molecule has 0 unspecified atom stereocenters. The van der Waals surface area contributed by atoms with Gasteiger partial charge < -0.3 is 17.7 Å². The molecule has 0 fully saturated rings. The quantitative estimate of drug-likeness (QED) is 0.734. The van der Waals surface area contributed by atoms with E-state index in [4.69, 9.17) is 0 Å². The molecule has 1 N–H and O–H groups in total. The summed E-state index contributed by atoms with van der Waals surface area (Å²) in [5.41, 5.74) is 2.73. The van der Waals surface area contributed by atoms with Crippen LogP contribution in [-0.2, 0) is 13.0 Å². The molecule has 0 atom stereocenters. The molecule has 90 valence electrons. The maximum Gasteiger partial charge on any atom is 0.0205 e. The molecule has 0 aliphatic carbocycles. The lowest BCUT2D eigenvalue weighted by atomic mass is 10.1. The van der Waals surface area contributed by atoms with E-state index in [1.807, 2.05) is 6.07 Å². The Morgan fingerprint density at radius 1 is 0.706 bits per heavy atom. The standard InChI is InChI=1S/C15H17N.ClH/c1-3-7-14(8-4-1)11-12-16-13-15-9-5-2-6-10-15;/h1-10,16H,11-13H2;1H/p-1. The minimum absolute atomic E-state index is 0. The summed E-state index contributed by atoms with van der Waals surface area (Å²) in [5.74, 6) is 0. The Bertz CT molecular complexity index is 358. The second kappa shape index (κ2) is 7.88. The van der Waals surface area contributed by atoms with Gasteiger partial charge in [0, 0.05) is 6.54 Å². The van der Waals surface area contributed by atoms with Crippen LogP contribution in [0.2, 0.25) is 0 Å². The van der Waals surface area contributed by atoms with Crippen LogP contribution in [0.3, 0.4) is 0 Å². The molecule has 0 spiro atoms. The average Bonchev–Trinajstić information content (AvgIpc) is 2.37. The summed E-state index contributed by atoms with van der Waals surface area (Å²) in [6, 6.07) is 21.1. The lowest BCUT2D eigenvalue weighted by molar-refractivity contribution is -0.00000326. The predicted molar refractivity (Wildman–Crippen MR) is 68.3 cm³/mol. The van der Waals surface area contributed by atoms with Crippen LogP contribution in [0.1, 0.15) is 11.1 Å². The van der Waals surface area contributed by atoms with E-state index in [0.29, 0.717) is 0 Å². The fraction of sp³-hybridized carbons (Fsp3) is 0.200. The van der Waals surface area contributed by atoms with Crippen molar-refractivity contribution >= 4 is 0 Å². The fourth-order valence-electron chi connectivity index (χ4n) is 1.71. The maximum atomic E-state index is 3.45. The van der Waals surface area contributed by atoms with E-state index in [1.54, 1.807) is 0 Å². The molecule has 0 aliphatic heterocycles. The first-order chi connectivity index (χ1) is 7.95. The Morgan fingerprint density at radius 2 is 1.24 bits per heavy atom. The lowest BCUT2D eigenvalue weighted by Gasteiger charge is -2.04. The van der Waals surface area contributed by atoms with Crippen LogP contribution in [-0.4, -0.2) is 6.54 Å². The van der Waals surface area contributed by atoms with Crippen LogP contribution in [0.5, 0.6) is 0 Å². The summed E-state index contributed by atoms with van der Waals surface area (Å²) in [5, 5.41) is 3.45. The lowest BCUT2D eigenvalue weighted by Crippen LogP contribution is -3.00. The second-order valence-electron chi connectivity index (χ2n) is 3.90. The molecule has 0 aromatic heterocycles. The Labute approximate surface area is 109 Å². The van der Waals surface area contributed by atoms with Crippen LogP contribution in [0.25, 0.3) is 0 Å². The first-order valence-electron chi connectivity index (χ1n) is 5.74. The molecule has 0 heterocycles. The zero-order valence-corrected chi connectivity index (χ0v) is 10.5. The molecule has 1 nitrogen and oxygen atoms in total. The van der Waals surface area contributed by atoms with Crippen LogP contribution in [0, 0.1) is 0 Å². The molecule has 0 saturated carbocycles. The van der Waals surface area contributed by atoms with Gasteiger partial charge in [-0.05, 0) is 24.1 Å². The van der Waals surface area contributed by atoms with Crippen molar-refractivity contribution in [1.82, 2.24) is 5.32 Å². The van der Waals surface area contributed by atoms with Gasteiger partial charge in [0.25, 0.3) is 0 Å². The normalized spacial score (nSPS) is 9.65. The molecule has 17 heavy (non-hydrogen) atoms. The summed E-state index contributed by atoms with van der Waals surface area (Å²) in [7, 11) is 0. The molecule has 0 bridgehead atoms. The number of nitrogens with one attached hydrogen (secondary N) is 1. The van der Waals surface area contributed by atoms with E-state index in [9.17, 15) is 0 Å². The Morgan fingerprint density at radius 3 is 1.82 bits per heavy atom. The second-order valence-corrected chi connectivity index (χ2v) is 3.90. The van der Waals surface area contributed by atoms with Crippen LogP contribution < -0.4 is 17.7 Å². The highest BCUT2D eigenvalue weighted by Gasteiger charge is 1.92. The largest absolute Gasteiger partial charge is 1.00 e. The summed E-state index contributed by atoms with van der Waals surface area (Å²) in [6.45, 7) is 1.98. The number of halogens is 1. The van der Waals surface area contributed by atoms with E-state index in [1.165, 1.54) is 11.1 Å². The van der Waals surface area contributed by atoms with Crippen LogP contribution in [0.4, 0.5) is 0 Å².